The van der Waals surface area contributed by atoms with Crippen LogP contribution in [0.15, 0.2) is 71.3 Å². The zero-order valence-corrected chi connectivity index (χ0v) is 16.4. The number of hydrogen-bond donors (Lipinski definition) is 0. The number of hydrogen-bond acceptors (Lipinski definition) is 4. The summed E-state index contributed by atoms with van der Waals surface area (Å²) < 4.78 is 0. The zero-order chi connectivity index (χ0) is 16.5. The second kappa shape index (κ2) is 7.41. The summed E-state index contributed by atoms with van der Waals surface area (Å²) in [6.45, 7) is 4.26. The van der Waals surface area contributed by atoms with Crippen LogP contribution in [0.4, 0.5) is 0 Å². The summed E-state index contributed by atoms with van der Waals surface area (Å²) in [5.41, 5.74) is 3.19. The van der Waals surface area contributed by atoms with Crippen LogP contribution in [0.1, 0.15) is 13.8 Å². The van der Waals surface area contributed by atoms with Crippen molar-refractivity contribution in [3.8, 4) is 17.1 Å². The van der Waals surface area contributed by atoms with Crippen LogP contribution >= 0.6 is 11.8 Å². The standard InChI is InChI=1S/C18H18N5S.BrH/c1-14-15(2)24-13-21(14)23-20-18(16-9-5-3-6-10-16)19-22(23)17-11-7-4-8-12-17;/h3-12H,13H2,1-2H3;1H/q+1;/p-1. The van der Waals surface area contributed by atoms with Crippen molar-refractivity contribution < 1.29 is 21.8 Å². The third-order valence-electron chi connectivity index (χ3n) is 4.08. The molecule has 0 atom stereocenters. The molecule has 25 heavy (non-hydrogen) atoms. The largest absolute Gasteiger partial charge is 1.00 e. The highest BCUT2D eigenvalue weighted by molar-refractivity contribution is 8.03. The van der Waals surface area contributed by atoms with Gasteiger partial charge in [-0.1, -0.05) is 48.2 Å². The molecular weight excluding hydrogens is 398 g/mol. The van der Waals surface area contributed by atoms with Gasteiger partial charge in [0.2, 0.25) is 0 Å². The molecule has 1 aliphatic rings. The third-order valence-corrected chi connectivity index (χ3v) is 5.18. The molecule has 0 amide bonds. The van der Waals surface area contributed by atoms with Gasteiger partial charge in [0, 0.05) is 15.6 Å². The van der Waals surface area contributed by atoms with Gasteiger partial charge in [-0.25, -0.2) is 0 Å². The normalized spacial score (nSPS) is 13.9. The number of benzene rings is 2. The highest BCUT2D eigenvalue weighted by Crippen LogP contribution is 2.29. The van der Waals surface area contributed by atoms with E-state index in [2.05, 4.69) is 18.9 Å². The molecule has 5 nitrogen and oxygen atoms in total. The first kappa shape index (κ1) is 17.7. The molecule has 0 saturated carbocycles. The Labute approximate surface area is 161 Å². The van der Waals surface area contributed by atoms with Crippen molar-refractivity contribution in [2.45, 2.75) is 13.8 Å². The Morgan fingerprint density at radius 3 is 2.20 bits per heavy atom. The molecule has 4 rings (SSSR count). The van der Waals surface area contributed by atoms with Crippen molar-refractivity contribution in [1.29, 1.82) is 0 Å². The van der Waals surface area contributed by atoms with Gasteiger partial charge in [-0.3, -0.25) is 0 Å². The van der Waals surface area contributed by atoms with E-state index in [0.29, 0.717) is 5.82 Å². The number of thioether (sulfide) groups is 1. The number of tetrazole rings is 1. The zero-order valence-electron chi connectivity index (χ0n) is 14.0. The minimum absolute atomic E-state index is 0. The Balaban J connectivity index is 0.00000182. The van der Waals surface area contributed by atoms with Crippen LogP contribution in [0.2, 0.25) is 0 Å². The Morgan fingerprint density at radius 2 is 1.60 bits per heavy atom. The fraction of sp³-hybridized carbons (Fsp3) is 0.167. The molecule has 0 saturated heterocycles. The molecule has 2 aromatic carbocycles. The number of nitrogens with zero attached hydrogens (tertiary/aromatic N) is 5. The van der Waals surface area contributed by atoms with Crippen molar-refractivity contribution in [2.24, 2.45) is 0 Å². The van der Waals surface area contributed by atoms with Crippen molar-refractivity contribution in [3.05, 3.63) is 71.3 Å². The molecule has 0 bridgehead atoms. The SMILES string of the molecule is CC1=C(C)N(n2nc(-c3ccccc3)n[n+]2-c2ccccc2)CS1.[Br-]. The van der Waals surface area contributed by atoms with Crippen molar-refractivity contribution in [3.63, 3.8) is 0 Å². The van der Waals surface area contributed by atoms with Crippen LogP contribution in [-0.4, -0.2) is 21.0 Å². The summed E-state index contributed by atoms with van der Waals surface area (Å²) in [4.78, 5) is 5.02. The first-order valence-corrected chi connectivity index (χ1v) is 8.81. The molecule has 7 heteroatoms. The molecule has 1 aliphatic heterocycles. The Bertz CT molecular complexity index is 892. The van der Waals surface area contributed by atoms with Gasteiger partial charge in [-0.05, 0) is 48.0 Å². The lowest BCUT2D eigenvalue weighted by molar-refractivity contribution is -0.743. The average molecular weight is 416 g/mol. The van der Waals surface area contributed by atoms with Gasteiger partial charge in [0.25, 0.3) is 5.82 Å². The Hall–Kier alpha value is -2.12. The lowest BCUT2D eigenvalue weighted by atomic mass is 10.2. The van der Waals surface area contributed by atoms with Gasteiger partial charge in [-0.15, -0.1) is 0 Å². The fourth-order valence-corrected chi connectivity index (χ4v) is 3.51. The predicted octanol–water partition coefficient (Wildman–Crippen LogP) is 0.119. The van der Waals surface area contributed by atoms with Crippen LogP contribution < -0.4 is 26.8 Å². The highest BCUT2D eigenvalue weighted by atomic mass is 79.9. The highest BCUT2D eigenvalue weighted by Gasteiger charge is 2.31. The minimum Gasteiger partial charge on any atom is -1.00 e. The molecule has 0 N–H and O–H groups in total. The average Bonchev–Trinajstić information content (AvgIpc) is 3.21. The molecular formula is C18H18BrN5S. The van der Waals surface area contributed by atoms with E-state index < -0.39 is 0 Å². The molecule has 2 heterocycles. The number of rotatable bonds is 3. The summed E-state index contributed by atoms with van der Waals surface area (Å²) in [6.07, 6.45) is 0. The summed E-state index contributed by atoms with van der Waals surface area (Å²) in [5.74, 6) is 1.55. The lowest BCUT2D eigenvalue weighted by Crippen LogP contribution is -3.00. The van der Waals surface area contributed by atoms with E-state index >= 15 is 0 Å². The first-order valence-electron chi connectivity index (χ1n) is 7.82. The second-order valence-electron chi connectivity index (χ2n) is 5.60. The quantitative estimate of drug-likeness (QED) is 0.569. The molecule has 128 valence electrons. The van der Waals surface area contributed by atoms with Gasteiger partial charge < -0.3 is 17.0 Å². The molecule has 1 aromatic heterocycles. The van der Waals surface area contributed by atoms with Gasteiger partial charge in [0.15, 0.2) is 5.69 Å². The van der Waals surface area contributed by atoms with E-state index in [-0.39, 0.29) is 17.0 Å². The van der Waals surface area contributed by atoms with Gasteiger partial charge in [-0.2, -0.15) is 5.01 Å². The maximum absolute atomic E-state index is 4.77. The maximum Gasteiger partial charge on any atom is 0.297 e. The lowest BCUT2D eigenvalue weighted by Gasteiger charge is -2.11. The van der Waals surface area contributed by atoms with Crippen molar-refractivity contribution in [2.75, 3.05) is 10.9 Å². The molecule has 0 fully saturated rings. The number of allylic oxidation sites excluding steroid dienone is 2. The summed E-state index contributed by atoms with van der Waals surface area (Å²) in [6, 6.07) is 20.2. The fourth-order valence-electron chi connectivity index (χ4n) is 2.58. The molecule has 3 aromatic rings. The molecule has 0 aliphatic carbocycles. The van der Waals surface area contributed by atoms with Crippen LogP contribution in [0, 0.1) is 0 Å². The van der Waals surface area contributed by atoms with Crippen LogP contribution in [0.5, 0.6) is 0 Å². The second-order valence-corrected chi connectivity index (χ2v) is 6.76. The van der Waals surface area contributed by atoms with E-state index in [1.165, 1.54) is 10.6 Å². The predicted molar refractivity (Wildman–Crippen MR) is 96.0 cm³/mol. The minimum atomic E-state index is 0. The maximum atomic E-state index is 4.77. The molecule has 0 spiro atoms. The van der Waals surface area contributed by atoms with Crippen LogP contribution in [-0.2, 0) is 0 Å². The number of aromatic nitrogens is 4. The number of halogens is 1. The van der Waals surface area contributed by atoms with Crippen molar-refractivity contribution >= 4 is 11.8 Å². The van der Waals surface area contributed by atoms with E-state index in [1.807, 2.05) is 82.1 Å². The van der Waals surface area contributed by atoms with Gasteiger partial charge in [0.1, 0.15) is 11.6 Å². The van der Waals surface area contributed by atoms with Gasteiger partial charge in [0.05, 0.1) is 4.91 Å². The summed E-state index contributed by atoms with van der Waals surface area (Å²) in [5, 5.41) is 11.7. The van der Waals surface area contributed by atoms with E-state index in [4.69, 9.17) is 10.2 Å². The first-order chi connectivity index (χ1) is 11.7. The summed E-state index contributed by atoms with van der Waals surface area (Å²) in [7, 11) is 0. The van der Waals surface area contributed by atoms with Crippen LogP contribution in [0.3, 0.4) is 0 Å². The smallest absolute Gasteiger partial charge is 0.297 e. The Morgan fingerprint density at radius 1 is 0.960 bits per heavy atom. The van der Waals surface area contributed by atoms with E-state index in [1.54, 1.807) is 0 Å². The van der Waals surface area contributed by atoms with Crippen LogP contribution in [0.25, 0.3) is 17.1 Å². The monoisotopic (exact) mass is 415 g/mol. The van der Waals surface area contributed by atoms with E-state index in [9.17, 15) is 0 Å². The third kappa shape index (κ3) is 3.34. The molecule has 0 radical (unpaired) electrons. The number of para-hydroxylation sites is 1. The topological polar surface area (TPSA) is 37.8 Å². The Kier molecular flexibility index (Phi) is 5.24. The summed E-state index contributed by atoms with van der Waals surface area (Å²) >= 11 is 1.82. The van der Waals surface area contributed by atoms with Gasteiger partial charge >= 0.3 is 0 Å². The van der Waals surface area contributed by atoms with Crippen molar-refractivity contribution in [1.82, 2.24) is 15.1 Å². The molecule has 0 unspecified atom stereocenters. The van der Waals surface area contributed by atoms with E-state index in [0.717, 1.165) is 17.1 Å².